The Hall–Kier alpha value is -0.610. The Morgan fingerprint density at radius 1 is 1.18 bits per heavy atom. The third-order valence-electron chi connectivity index (χ3n) is 4.81. The number of nitrogens with one attached hydrogen (secondary N) is 1. The maximum absolute atomic E-state index is 10.2. The van der Waals surface area contributed by atoms with Gasteiger partial charge in [-0.05, 0) is 37.7 Å². The minimum atomic E-state index is -0.490. The molecule has 1 fully saturated rings. The summed E-state index contributed by atoms with van der Waals surface area (Å²) in [6.45, 7) is 2.83. The molecule has 0 heterocycles. The Bertz CT molecular complexity index is 395. The molecule has 0 aromatic heterocycles. The van der Waals surface area contributed by atoms with Crippen LogP contribution >= 0.6 is 12.4 Å². The molecular formula is C18H31ClN2O. The third-order valence-corrected chi connectivity index (χ3v) is 4.81. The van der Waals surface area contributed by atoms with Crippen molar-refractivity contribution in [1.29, 1.82) is 0 Å². The zero-order chi connectivity index (χ0) is 15.1. The van der Waals surface area contributed by atoms with Gasteiger partial charge >= 0.3 is 0 Å². The number of halogens is 1. The molecule has 0 aliphatic heterocycles. The van der Waals surface area contributed by atoms with Gasteiger partial charge in [0.05, 0.1) is 6.10 Å². The van der Waals surface area contributed by atoms with Crippen molar-refractivity contribution in [2.75, 3.05) is 6.54 Å². The summed E-state index contributed by atoms with van der Waals surface area (Å²) in [5, 5.41) is 13.7. The largest absolute Gasteiger partial charge is 0.390 e. The van der Waals surface area contributed by atoms with E-state index in [4.69, 9.17) is 5.73 Å². The average Bonchev–Trinajstić information content (AvgIpc) is 2.54. The highest BCUT2D eigenvalue weighted by atomic mass is 35.5. The van der Waals surface area contributed by atoms with Crippen molar-refractivity contribution in [3.8, 4) is 0 Å². The number of aliphatic hydroxyl groups is 1. The van der Waals surface area contributed by atoms with Gasteiger partial charge in [-0.15, -0.1) is 12.4 Å². The standard InChI is InChI=1S/C18H30N2O.ClH/c1-14(16-10-6-3-7-11-16)20-13-18(21)17(19)12-15-8-4-2-5-9-15;/h2,4-5,8-9,14,16-18,20-21H,3,6-7,10-13,19H2,1H3;1H/t14-,17-,18+;/m0./s1. The minimum Gasteiger partial charge on any atom is -0.390 e. The first-order chi connectivity index (χ1) is 10.2. The van der Waals surface area contributed by atoms with Crippen molar-refractivity contribution in [3.05, 3.63) is 35.9 Å². The molecule has 3 atom stereocenters. The van der Waals surface area contributed by atoms with Crippen LogP contribution in [0.25, 0.3) is 0 Å². The van der Waals surface area contributed by atoms with E-state index in [-0.39, 0.29) is 18.4 Å². The van der Waals surface area contributed by atoms with Crippen LogP contribution in [0.15, 0.2) is 30.3 Å². The van der Waals surface area contributed by atoms with Gasteiger partial charge < -0.3 is 16.2 Å². The van der Waals surface area contributed by atoms with E-state index >= 15 is 0 Å². The van der Waals surface area contributed by atoms with E-state index in [9.17, 15) is 5.11 Å². The summed E-state index contributed by atoms with van der Waals surface area (Å²) < 4.78 is 0. The highest BCUT2D eigenvalue weighted by Crippen LogP contribution is 2.26. The van der Waals surface area contributed by atoms with E-state index in [1.54, 1.807) is 0 Å². The predicted molar refractivity (Wildman–Crippen MR) is 95.4 cm³/mol. The lowest BCUT2D eigenvalue weighted by atomic mass is 9.84. The molecule has 0 spiro atoms. The van der Waals surface area contributed by atoms with Crippen molar-refractivity contribution in [3.63, 3.8) is 0 Å². The SMILES string of the molecule is C[C@H](NC[C@@H](O)[C@@H](N)Cc1ccccc1)C1CCCCC1.Cl. The van der Waals surface area contributed by atoms with Crippen LogP contribution in [0.5, 0.6) is 0 Å². The second kappa shape index (κ2) is 10.2. The molecule has 22 heavy (non-hydrogen) atoms. The average molecular weight is 327 g/mol. The summed E-state index contributed by atoms with van der Waals surface area (Å²) in [6, 6.07) is 10.4. The van der Waals surface area contributed by atoms with Gasteiger partial charge in [-0.1, -0.05) is 49.6 Å². The predicted octanol–water partition coefficient (Wildman–Crippen LogP) is 2.90. The van der Waals surface area contributed by atoms with E-state index in [0.29, 0.717) is 12.6 Å². The molecule has 0 radical (unpaired) electrons. The van der Waals surface area contributed by atoms with E-state index in [0.717, 1.165) is 12.3 Å². The Kier molecular flexibility index (Phi) is 9.03. The number of aliphatic hydroxyl groups excluding tert-OH is 1. The van der Waals surface area contributed by atoms with Crippen molar-refractivity contribution in [1.82, 2.24) is 5.32 Å². The van der Waals surface area contributed by atoms with Gasteiger partial charge in [0, 0.05) is 18.6 Å². The van der Waals surface area contributed by atoms with Gasteiger partial charge in [0.2, 0.25) is 0 Å². The fraction of sp³-hybridized carbons (Fsp3) is 0.667. The molecule has 1 aliphatic carbocycles. The fourth-order valence-electron chi connectivity index (χ4n) is 3.28. The van der Waals surface area contributed by atoms with E-state index in [1.165, 1.54) is 37.7 Å². The van der Waals surface area contributed by atoms with Crippen LogP contribution in [0.3, 0.4) is 0 Å². The number of hydrogen-bond donors (Lipinski definition) is 3. The molecule has 1 aromatic carbocycles. The summed E-state index contributed by atoms with van der Waals surface area (Å²) in [5.41, 5.74) is 7.31. The number of benzene rings is 1. The molecule has 4 N–H and O–H groups in total. The van der Waals surface area contributed by atoms with Crippen molar-refractivity contribution in [2.24, 2.45) is 11.7 Å². The summed E-state index contributed by atoms with van der Waals surface area (Å²) in [5.74, 6) is 0.760. The molecule has 3 nitrogen and oxygen atoms in total. The van der Waals surface area contributed by atoms with Crippen LogP contribution in [-0.4, -0.2) is 29.8 Å². The first kappa shape index (κ1) is 19.4. The summed E-state index contributed by atoms with van der Waals surface area (Å²) in [7, 11) is 0. The molecule has 2 rings (SSSR count). The number of rotatable bonds is 7. The van der Waals surface area contributed by atoms with Crippen LogP contribution in [0.2, 0.25) is 0 Å². The summed E-state index contributed by atoms with van der Waals surface area (Å²) >= 11 is 0. The smallest absolute Gasteiger partial charge is 0.0818 e. The maximum atomic E-state index is 10.2. The van der Waals surface area contributed by atoms with Crippen LogP contribution in [0.4, 0.5) is 0 Å². The fourth-order valence-corrected chi connectivity index (χ4v) is 3.28. The topological polar surface area (TPSA) is 58.3 Å². The van der Waals surface area contributed by atoms with Crippen LogP contribution in [0.1, 0.15) is 44.6 Å². The zero-order valence-electron chi connectivity index (χ0n) is 13.6. The lowest BCUT2D eigenvalue weighted by Crippen LogP contribution is -2.46. The van der Waals surface area contributed by atoms with Crippen LogP contribution in [0, 0.1) is 5.92 Å². The number of hydrogen-bond acceptors (Lipinski definition) is 3. The molecule has 1 aliphatic rings. The quantitative estimate of drug-likeness (QED) is 0.722. The first-order valence-electron chi connectivity index (χ1n) is 8.38. The van der Waals surface area contributed by atoms with E-state index in [1.807, 2.05) is 18.2 Å². The van der Waals surface area contributed by atoms with Gasteiger partial charge in [-0.3, -0.25) is 0 Å². The molecule has 4 heteroatoms. The number of nitrogens with two attached hydrogens (primary N) is 1. The summed E-state index contributed by atoms with van der Waals surface area (Å²) in [6.07, 6.45) is 6.96. The molecule has 0 saturated heterocycles. The van der Waals surface area contributed by atoms with E-state index in [2.05, 4.69) is 24.4 Å². The summed E-state index contributed by atoms with van der Waals surface area (Å²) in [4.78, 5) is 0. The third kappa shape index (κ3) is 6.25. The van der Waals surface area contributed by atoms with Gasteiger partial charge in [0.25, 0.3) is 0 Å². The van der Waals surface area contributed by atoms with Crippen molar-refractivity contribution in [2.45, 2.75) is 63.6 Å². The Balaban J connectivity index is 0.00000242. The molecule has 126 valence electrons. The molecule has 0 bridgehead atoms. The molecular weight excluding hydrogens is 296 g/mol. The molecule has 1 aromatic rings. The van der Waals surface area contributed by atoms with Crippen LogP contribution in [-0.2, 0) is 6.42 Å². The second-order valence-electron chi connectivity index (χ2n) is 6.52. The lowest BCUT2D eigenvalue weighted by molar-refractivity contribution is 0.132. The minimum absolute atomic E-state index is 0. The Morgan fingerprint density at radius 2 is 1.82 bits per heavy atom. The van der Waals surface area contributed by atoms with E-state index < -0.39 is 6.10 Å². The van der Waals surface area contributed by atoms with Gasteiger partial charge in [0.15, 0.2) is 0 Å². The van der Waals surface area contributed by atoms with Crippen molar-refractivity contribution >= 4 is 12.4 Å². The Labute approximate surface area is 141 Å². The van der Waals surface area contributed by atoms with Gasteiger partial charge in [-0.25, -0.2) is 0 Å². The Morgan fingerprint density at radius 3 is 2.45 bits per heavy atom. The maximum Gasteiger partial charge on any atom is 0.0818 e. The van der Waals surface area contributed by atoms with Gasteiger partial charge in [0.1, 0.15) is 0 Å². The lowest BCUT2D eigenvalue weighted by Gasteiger charge is -2.30. The first-order valence-corrected chi connectivity index (χ1v) is 8.38. The second-order valence-corrected chi connectivity index (χ2v) is 6.52. The zero-order valence-corrected chi connectivity index (χ0v) is 14.4. The van der Waals surface area contributed by atoms with Gasteiger partial charge in [-0.2, -0.15) is 0 Å². The highest BCUT2D eigenvalue weighted by Gasteiger charge is 2.21. The highest BCUT2D eigenvalue weighted by molar-refractivity contribution is 5.85. The monoisotopic (exact) mass is 326 g/mol. The molecule has 1 saturated carbocycles. The van der Waals surface area contributed by atoms with Crippen molar-refractivity contribution < 1.29 is 5.11 Å². The normalized spacial score (nSPS) is 20.0. The molecule has 0 amide bonds. The molecule has 0 unspecified atom stereocenters. The van der Waals surface area contributed by atoms with Crippen LogP contribution < -0.4 is 11.1 Å².